The van der Waals surface area contributed by atoms with Gasteiger partial charge in [-0.3, -0.25) is 4.79 Å². The molecule has 6 nitrogen and oxygen atoms in total. The Balaban J connectivity index is 2.31. The summed E-state index contributed by atoms with van der Waals surface area (Å²) in [7, 11) is 1.55. The van der Waals surface area contributed by atoms with Gasteiger partial charge >= 0.3 is 0 Å². The van der Waals surface area contributed by atoms with Gasteiger partial charge < -0.3 is 25.9 Å². The fraction of sp³-hybridized carbons (Fsp3) is 0.312. The van der Waals surface area contributed by atoms with Crippen molar-refractivity contribution in [1.29, 1.82) is 0 Å². The second-order valence-corrected chi connectivity index (χ2v) is 4.60. The molecule has 0 atom stereocenters. The van der Waals surface area contributed by atoms with Crippen molar-refractivity contribution < 1.29 is 13.9 Å². The van der Waals surface area contributed by atoms with Crippen LogP contribution in [-0.2, 0) is 0 Å². The van der Waals surface area contributed by atoms with Gasteiger partial charge in [-0.05, 0) is 25.1 Å². The van der Waals surface area contributed by atoms with Crippen LogP contribution in [0.1, 0.15) is 22.5 Å². The van der Waals surface area contributed by atoms with Gasteiger partial charge in [-0.1, -0.05) is 11.8 Å². The first kappa shape index (κ1) is 15.9. The van der Waals surface area contributed by atoms with Gasteiger partial charge in [0.2, 0.25) is 0 Å². The van der Waals surface area contributed by atoms with Crippen molar-refractivity contribution in [3.05, 3.63) is 29.5 Å². The van der Waals surface area contributed by atoms with E-state index < -0.39 is 0 Å². The average molecular weight is 301 g/mol. The summed E-state index contributed by atoms with van der Waals surface area (Å²) in [5.74, 6) is 6.29. The summed E-state index contributed by atoms with van der Waals surface area (Å²) >= 11 is 0. The Morgan fingerprint density at radius 2 is 2.18 bits per heavy atom. The zero-order valence-electron chi connectivity index (χ0n) is 12.4. The fourth-order valence-electron chi connectivity index (χ4n) is 1.98. The van der Waals surface area contributed by atoms with E-state index in [4.69, 9.17) is 20.6 Å². The van der Waals surface area contributed by atoms with Gasteiger partial charge in [0, 0.05) is 18.0 Å². The minimum Gasteiger partial charge on any atom is -0.495 e. The smallest absolute Gasteiger partial charge is 0.287 e. The second kappa shape index (κ2) is 7.50. The molecular formula is C16H19N3O3. The quantitative estimate of drug-likeness (QED) is 0.560. The Kier molecular flexibility index (Phi) is 5.42. The van der Waals surface area contributed by atoms with Crippen molar-refractivity contribution in [3.63, 3.8) is 0 Å². The number of carbonyl (C=O) groups excluding carboxylic acids is 1. The maximum atomic E-state index is 12.0. The molecule has 1 heterocycles. The lowest BCUT2D eigenvalue weighted by molar-refractivity contribution is 0.0928. The number of methoxy groups -OCH3 is 1. The largest absolute Gasteiger partial charge is 0.495 e. The summed E-state index contributed by atoms with van der Waals surface area (Å²) in [5, 5.41) is 3.53. The van der Waals surface area contributed by atoms with E-state index in [1.165, 1.54) is 0 Å². The molecule has 1 amide bonds. The molecule has 0 radical (unpaired) electrons. The fourth-order valence-corrected chi connectivity index (χ4v) is 1.98. The molecule has 0 saturated carbocycles. The lowest BCUT2D eigenvalue weighted by Crippen LogP contribution is -2.25. The van der Waals surface area contributed by atoms with Crippen LogP contribution in [0, 0.1) is 11.8 Å². The first-order chi connectivity index (χ1) is 10.7. The molecule has 1 aromatic heterocycles. The van der Waals surface area contributed by atoms with Crippen LogP contribution in [0.15, 0.2) is 22.6 Å². The van der Waals surface area contributed by atoms with Crippen LogP contribution < -0.4 is 21.5 Å². The minimum absolute atomic E-state index is 0.248. The number of hydrogen-bond acceptors (Lipinski definition) is 5. The molecule has 5 N–H and O–H groups in total. The SMILES string of the molecule is COc1cc2oc(C(=O)NCCCN)cc2cc1C#CCN. The molecule has 116 valence electrons. The molecule has 2 aromatic rings. The first-order valence-corrected chi connectivity index (χ1v) is 6.98. The van der Waals surface area contributed by atoms with Crippen LogP contribution in [0.25, 0.3) is 11.0 Å². The van der Waals surface area contributed by atoms with Gasteiger partial charge in [-0.25, -0.2) is 0 Å². The third-order valence-electron chi connectivity index (χ3n) is 3.05. The van der Waals surface area contributed by atoms with E-state index in [1.54, 1.807) is 19.2 Å². The van der Waals surface area contributed by atoms with Gasteiger partial charge in [-0.15, -0.1) is 0 Å². The summed E-state index contributed by atoms with van der Waals surface area (Å²) in [4.78, 5) is 12.0. The van der Waals surface area contributed by atoms with E-state index >= 15 is 0 Å². The standard InChI is InChI=1S/C16H19N3O3/c1-21-13-10-14-12(8-11(13)4-2-5-17)9-15(22-14)16(20)19-7-3-6-18/h8-10H,3,5-7,17-18H2,1H3,(H,19,20). The molecule has 0 saturated heterocycles. The number of carbonyl (C=O) groups is 1. The monoisotopic (exact) mass is 301 g/mol. The normalized spacial score (nSPS) is 10.1. The highest BCUT2D eigenvalue weighted by molar-refractivity contribution is 5.96. The predicted molar refractivity (Wildman–Crippen MR) is 84.7 cm³/mol. The number of amides is 1. The predicted octanol–water partition coefficient (Wildman–Crippen LogP) is 0.830. The Bertz CT molecular complexity index is 725. The maximum Gasteiger partial charge on any atom is 0.287 e. The highest BCUT2D eigenvalue weighted by Crippen LogP contribution is 2.28. The summed E-state index contributed by atoms with van der Waals surface area (Å²) in [6.45, 7) is 1.31. The molecule has 0 aliphatic heterocycles. The molecule has 0 bridgehead atoms. The Hall–Kier alpha value is -2.49. The van der Waals surface area contributed by atoms with Crippen LogP contribution in [0.5, 0.6) is 5.75 Å². The topological polar surface area (TPSA) is 104 Å². The average Bonchev–Trinajstić information content (AvgIpc) is 2.94. The molecule has 0 aliphatic carbocycles. The van der Waals surface area contributed by atoms with Gasteiger partial charge in [0.05, 0.1) is 19.2 Å². The second-order valence-electron chi connectivity index (χ2n) is 4.60. The Morgan fingerprint density at radius 1 is 1.36 bits per heavy atom. The highest BCUT2D eigenvalue weighted by atomic mass is 16.5. The highest BCUT2D eigenvalue weighted by Gasteiger charge is 2.14. The van der Waals surface area contributed by atoms with Crippen molar-refractivity contribution in [2.24, 2.45) is 11.5 Å². The van der Waals surface area contributed by atoms with Crippen molar-refractivity contribution in [3.8, 4) is 17.6 Å². The summed E-state index contributed by atoms with van der Waals surface area (Å²) in [6.07, 6.45) is 0.721. The lowest BCUT2D eigenvalue weighted by Gasteiger charge is -2.02. The molecular weight excluding hydrogens is 282 g/mol. The minimum atomic E-state index is -0.266. The zero-order valence-corrected chi connectivity index (χ0v) is 12.4. The molecule has 1 aromatic carbocycles. The number of ether oxygens (including phenoxy) is 1. The van der Waals surface area contributed by atoms with Crippen LogP contribution in [0.4, 0.5) is 0 Å². The molecule has 0 aliphatic rings. The maximum absolute atomic E-state index is 12.0. The molecule has 0 unspecified atom stereocenters. The number of fused-ring (bicyclic) bond motifs is 1. The Morgan fingerprint density at radius 3 is 2.86 bits per heavy atom. The van der Waals surface area contributed by atoms with Gasteiger partial charge in [0.15, 0.2) is 5.76 Å². The van der Waals surface area contributed by atoms with E-state index in [9.17, 15) is 4.79 Å². The van der Waals surface area contributed by atoms with E-state index in [0.717, 1.165) is 11.8 Å². The number of nitrogens with one attached hydrogen (secondary N) is 1. The summed E-state index contributed by atoms with van der Waals surface area (Å²) < 4.78 is 10.8. The van der Waals surface area contributed by atoms with Gasteiger partial charge in [0.25, 0.3) is 5.91 Å². The summed E-state index contributed by atoms with van der Waals surface area (Å²) in [5.41, 5.74) is 12.1. The van der Waals surface area contributed by atoms with Gasteiger partial charge in [-0.2, -0.15) is 0 Å². The van der Waals surface area contributed by atoms with E-state index in [0.29, 0.717) is 30.0 Å². The number of nitrogens with two attached hydrogens (primary N) is 2. The van der Waals surface area contributed by atoms with Crippen LogP contribution in [0.3, 0.4) is 0 Å². The van der Waals surface area contributed by atoms with E-state index in [2.05, 4.69) is 17.2 Å². The molecule has 22 heavy (non-hydrogen) atoms. The Labute approximate surface area is 128 Å². The third kappa shape index (κ3) is 3.58. The van der Waals surface area contributed by atoms with Crippen molar-refractivity contribution in [1.82, 2.24) is 5.32 Å². The van der Waals surface area contributed by atoms with Crippen molar-refractivity contribution in [2.45, 2.75) is 6.42 Å². The molecule has 0 fully saturated rings. The van der Waals surface area contributed by atoms with Crippen molar-refractivity contribution in [2.75, 3.05) is 26.7 Å². The van der Waals surface area contributed by atoms with Crippen LogP contribution in [0.2, 0.25) is 0 Å². The van der Waals surface area contributed by atoms with Crippen LogP contribution in [-0.4, -0.2) is 32.7 Å². The molecule has 0 spiro atoms. The third-order valence-corrected chi connectivity index (χ3v) is 3.05. The number of benzene rings is 1. The molecule has 6 heteroatoms. The first-order valence-electron chi connectivity index (χ1n) is 6.98. The zero-order chi connectivity index (χ0) is 15.9. The number of hydrogen-bond donors (Lipinski definition) is 3. The van der Waals surface area contributed by atoms with E-state index in [-0.39, 0.29) is 18.2 Å². The lowest BCUT2D eigenvalue weighted by atomic mass is 10.1. The van der Waals surface area contributed by atoms with Crippen LogP contribution >= 0.6 is 0 Å². The number of rotatable bonds is 5. The van der Waals surface area contributed by atoms with E-state index in [1.807, 2.05) is 6.07 Å². The van der Waals surface area contributed by atoms with Crippen molar-refractivity contribution >= 4 is 16.9 Å². The number of furan rings is 1. The molecule has 2 rings (SSSR count). The summed E-state index contributed by atoms with van der Waals surface area (Å²) in [6, 6.07) is 5.21. The van der Waals surface area contributed by atoms with Gasteiger partial charge in [0.1, 0.15) is 11.3 Å².